The number of anilines is 1. The number of hydrogen-bond donors (Lipinski definition) is 1. The third-order valence-corrected chi connectivity index (χ3v) is 5.23. The van der Waals surface area contributed by atoms with Crippen LogP contribution >= 0.6 is 0 Å². The molecular weight excluding hydrogens is 342 g/mol. The molecule has 6 nitrogen and oxygen atoms in total. The van der Waals surface area contributed by atoms with Crippen LogP contribution in [0.5, 0.6) is 0 Å². The zero-order valence-electron chi connectivity index (χ0n) is 15.6. The summed E-state index contributed by atoms with van der Waals surface area (Å²) in [4.78, 5) is 25.6. The first-order valence-electron chi connectivity index (χ1n) is 9.39. The van der Waals surface area contributed by atoms with Crippen molar-refractivity contribution < 1.29 is 9.72 Å². The molecule has 2 aromatic rings. The van der Waals surface area contributed by atoms with Gasteiger partial charge in [0.15, 0.2) is 0 Å². The van der Waals surface area contributed by atoms with E-state index in [0.717, 1.165) is 12.1 Å². The molecule has 0 atom stereocenters. The summed E-state index contributed by atoms with van der Waals surface area (Å²) in [5.74, 6) is -0.463. The Kier molecular flexibility index (Phi) is 6.19. The van der Waals surface area contributed by atoms with Crippen molar-refractivity contribution in [3.05, 3.63) is 69.8 Å². The lowest BCUT2D eigenvalue weighted by Crippen LogP contribution is -2.33. The number of rotatable bonds is 6. The van der Waals surface area contributed by atoms with Crippen molar-refractivity contribution >= 4 is 17.3 Å². The maximum Gasteiger partial charge on any atom is 0.282 e. The van der Waals surface area contributed by atoms with E-state index in [0.29, 0.717) is 11.7 Å². The first-order valence-corrected chi connectivity index (χ1v) is 9.39. The van der Waals surface area contributed by atoms with Crippen LogP contribution in [-0.2, 0) is 6.54 Å². The number of carbonyl (C=O) groups excluding carboxylic acids is 1. The van der Waals surface area contributed by atoms with Crippen LogP contribution in [0.3, 0.4) is 0 Å². The number of nitrogens with zero attached hydrogens (tertiary/aromatic N) is 2. The molecule has 1 N–H and O–H groups in total. The van der Waals surface area contributed by atoms with Gasteiger partial charge in [-0.25, -0.2) is 0 Å². The van der Waals surface area contributed by atoms with E-state index in [9.17, 15) is 14.9 Å². The van der Waals surface area contributed by atoms with Crippen molar-refractivity contribution in [2.45, 2.75) is 44.7 Å². The highest BCUT2D eigenvalue weighted by Crippen LogP contribution is 2.26. The predicted octanol–water partition coefficient (Wildman–Crippen LogP) is 4.61. The van der Waals surface area contributed by atoms with E-state index in [1.54, 1.807) is 12.1 Å². The molecule has 0 radical (unpaired) electrons. The van der Waals surface area contributed by atoms with Crippen molar-refractivity contribution in [1.82, 2.24) is 4.90 Å². The van der Waals surface area contributed by atoms with Gasteiger partial charge in [-0.3, -0.25) is 19.8 Å². The number of para-hydroxylation sites is 2. The summed E-state index contributed by atoms with van der Waals surface area (Å²) in [5.41, 5.74) is 1.59. The molecule has 142 valence electrons. The molecule has 0 aromatic heterocycles. The van der Waals surface area contributed by atoms with Gasteiger partial charge in [0.05, 0.1) is 4.92 Å². The summed E-state index contributed by atoms with van der Waals surface area (Å²) in [5, 5.41) is 14.0. The van der Waals surface area contributed by atoms with Crippen molar-refractivity contribution in [2.75, 3.05) is 12.4 Å². The van der Waals surface area contributed by atoms with Crippen LogP contribution in [0, 0.1) is 10.1 Å². The lowest BCUT2D eigenvalue weighted by atomic mass is 9.94. The van der Waals surface area contributed by atoms with Gasteiger partial charge in [-0.05, 0) is 37.6 Å². The van der Waals surface area contributed by atoms with Gasteiger partial charge in [0.1, 0.15) is 5.56 Å². The van der Waals surface area contributed by atoms with Crippen molar-refractivity contribution in [2.24, 2.45) is 0 Å². The summed E-state index contributed by atoms with van der Waals surface area (Å²) in [6, 6.07) is 14.2. The summed E-state index contributed by atoms with van der Waals surface area (Å²) in [6.45, 7) is 0.734. The first-order chi connectivity index (χ1) is 13.1. The maximum absolute atomic E-state index is 12.6. The molecule has 1 saturated carbocycles. The molecule has 0 unspecified atom stereocenters. The first kappa shape index (κ1) is 19.0. The Labute approximate surface area is 159 Å². The molecule has 0 spiro atoms. The Balaban J connectivity index is 1.76. The van der Waals surface area contributed by atoms with Crippen LogP contribution in [0.15, 0.2) is 48.5 Å². The van der Waals surface area contributed by atoms with Gasteiger partial charge in [0, 0.05) is 24.3 Å². The second-order valence-electron chi connectivity index (χ2n) is 7.09. The molecule has 0 bridgehead atoms. The summed E-state index contributed by atoms with van der Waals surface area (Å²) in [6.07, 6.45) is 6.27. The number of nitro groups is 1. The summed E-state index contributed by atoms with van der Waals surface area (Å²) >= 11 is 0. The molecule has 0 aliphatic heterocycles. The second-order valence-corrected chi connectivity index (χ2v) is 7.09. The smallest absolute Gasteiger partial charge is 0.282 e. The highest BCUT2D eigenvalue weighted by atomic mass is 16.6. The van der Waals surface area contributed by atoms with Gasteiger partial charge in [-0.1, -0.05) is 49.6 Å². The minimum absolute atomic E-state index is 0.0675. The zero-order valence-corrected chi connectivity index (χ0v) is 15.6. The Morgan fingerprint density at radius 3 is 2.52 bits per heavy atom. The Morgan fingerprint density at radius 1 is 1.11 bits per heavy atom. The molecule has 2 aromatic carbocycles. The Hall–Kier alpha value is -2.73. The lowest BCUT2D eigenvalue weighted by molar-refractivity contribution is -0.385. The van der Waals surface area contributed by atoms with E-state index >= 15 is 0 Å². The molecule has 0 saturated heterocycles. The van der Waals surface area contributed by atoms with E-state index in [1.165, 1.54) is 44.2 Å². The normalized spacial score (nSPS) is 14.9. The van der Waals surface area contributed by atoms with Crippen molar-refractivity contribution in [3.63, 3.8) is 0 Å². The van der Waals surface area contributed by atoms with Crippen LogP contribution in [0.1, 0.15) is 48.0 Å². The number of amides is 1. The molecule has 3 rings (SSSR count). The average molecular weight is 367 g/mol. The zero-order chi connectivity index (χ0) is 19.2. The third-order valence-electron chi connectivity index (χ3n) is 5.23. The minimum Gasteiger partial charge on any atom is -0.321 e. The molecule has 1 aliphatic rings. The van der Waals surface area contributed by atoms with Crippen LogP contribution < -0.4 is 5.32 Å². The average Bonchev–Trinajstić information content (AvgIpc) is 2.70. The molecule has 1 aliphatic carbocycles. The topological polar surface area (TPSA) is 75.5 Å². The van der Waals surface area contributed by atoms with E-state index in [4.69, 9.17) is 0 Å². The fourth-order valence-corrected chi connectivity index (χ4v) is 3.71. The van der Waals surface area contributed by atoms with Gasteiger partial charge in [0.25, 0.3) is 11.6 Å². The van der Waals surface area contributed by atoms with E-state index in [-0.39, 0.29) is 11.3 Å². The summed E-state index contributed by atoms with van der Waals surface area (Å²) < 4.78 is 0. The van der Waals surface area contributed by atoms with Gasteiger partial charge < -0.3 is 5.32 Å². The molecule has 1 amide bonds. The number of carbonyl (C=O) groups is 1. The highest BCUT2D eigenvalue weighted by molar-refractivity contribution is 6.07. The third kappa shape index (κ3) is 4.71. The van der Waals surface area contributed by atoms with Crippen LogP contribution in [0.2, 0.25) is 0 Å². The monoisotopic (exact) mass is 367 g/mol. The predicted molar refractivity (Wildman–Crippen MR) is 106 cm³/mol. The van der Waals surface area contributed by atoms with Gasteiger partial charge in [-0.15, -0.1) is 0 Å². The number of hydrogen-bond acceptors (Lipinski definition) is 4. The van der Waals surface area contributed by atoms with Crippen molar-refractivity contribution in [3.8, 4) is 0 Å². The quantitative estimate of drug-likeness (QED) is 0.597. The molecule has 27 heavy (non-hydrogen) atoms. The maximum atomic E-state index is 12.6. The van der Waals surface area contributed by atoms with Crippen LogP contribution in [0.25, 0.3) is 0 Å². The standard InChI is InChI=1S/C21H25N3O3/c1-23(17-10-3-2-4-11-17)15-16-9-5-7-13-19(16)22-21(25)18-12-6-8-14-20(18)24(26)27/h5-9,12-14,17H,2-4,10-11,15H2,1H3,(H,22,25). The number of nitrogens with one attached hydrogen (secondary N) is 1. The number of nitro benzene ring substituents is 1. The second kappa shape index (κ2) is 8.77. The number of benzene rings is 2. The lowest BCUT2D eigenvalue weighted by Gasteiger charge is -2.31. The fraction of sp³-hybridized carbons (Fsp3) is 0.381. The summed E-state index contributed by atoms with van der Waals surface area (Å²) in [7, 11) is 2.12. The van der Waals surface area contributed by atoms with Crippen LogP contribution in [0.4, 0.5) is 11.4 Å². The van der Waals surface area contributed by atoms with Gasteiger partial charge in [-0.2, -0.15) is 0 Å². The molecular formula is C21H25N3O3. The van der Waals surface area contributed by atoms with E-state index in [2.05, 4.69) is 17.3 Å². The van der Waals surface area contributed by atoms with Gasteiger partial charge >= 0.3 is 0 Å². The fourth-order valence-electron chi connectivity index (χ4n) is 3.71. The Morgan fingerprint density at radius 2 is 1.78 bits per heavy atom. The molecule has 1 fully saturated rings. The van der Waals surface area contributed by atoms with Crippen molar-refractivity contribution in [1.29, 1.82) is 0 Å². The van der Waals surface area contributed by atoms with E-state index in [1.807, 2.05) is 24.3 Å². The molecule has 6 heteroatoms. The van der Waals surface area contributed by atoms with Gasteiger partial charge in [0.2, 0.25) is 0 Å². The van der Waals surface area contributed by atoms with Crippen LogP contribution in [-0.4, -0.2) is 28.8 Å². The van der Waals surface area contributed by atoms with E-state index < -0.39 is 10.8 Å². The SMILES string of the molecule is CN(Cc1ccccc1NC(=O)c1ccccc1[N+](=O)[O-])C1CCCCC1. The minimum atomic E-state index is -0.530. The Bertz CT molecular complexity index is 816. The highest BCUT2D eigenvalue weighted by Gasteiger charge is 2.21. The largest absolute Gasteiger partial charge is 0.321 e. The molecule has 0 heterocycles.